The van der Waals surface area contributed by atoms with Crippen molar-refractivity contribution in [3.8, 4) is 17.1 Å². The van der Waals surface area contributed by atoms with Crippen LogP contribution in [0.5, 0.6) is 0 Å². The lowest BCUT2D eigenvalue weighted by Gasteiger charge is -2.06. The van der Waals surface area contributed by atoms with Crippen molar-refractivity contribution in [3.05, 3.63) is 66.3 Å². The van der Waals surface area contributed by atoms with Crippen LogP contribution < -0.4 is 4.57 Å². The van der Waals surface area contributed by atoms with Crippen LogP contribution in [0.2, 0.25) is 0 Å². The fourth-order valence-electron chi connectivity index (χ4n) is 2.20. The fourth-order valence-corrected chi connectivity index (χ4v) is 2.20. The minimum absolute atomic E-state index is 0.290. The molecule has 2 aromatic heterocycles. The standard InChI is InChI=1S/C16H14F2N3/c1-11-7-15(13-4-3-12(17)9-14(13)18)19-16(8-11)21-6-5-20(2)10-21/h3-10H,1-2H3/q+1. The summed E-state index contributed by atoms with van der Waals surface area (Å²) in [6.07, 6.45) is 5.63. The van der Waals surface area contributed by atoms with Gasteiger partial charge in [0, 0.05) is 17.7 Å². The van der Waals surface area contributed by atoms with Crippen LogP contribution in [0, 0.1) is 18.6 Å². The topological polar surface area (TPSA) is 21.7 Å². The predicted octanol–water partition coefficient (Wildman–Crippen LogP) is 2.95. The van der Waals surface area contributed by atoms with Gasteiger partial charge in [0.15, 0.2) is 0 Å². The van der Waals surface area contributed by atoms with Crippen LogP contribution >= 0.6 is 0 Å². The zero-order chi connectivity index (χ0) is 15.0. The van der Waals surface area contributed by atoms with Gasteiger partial charge in [0.25, 0.3) is 0 Å². The molecular formula is C16H14F2N3+. The second kappa shape index (κ2) is 5.09. The average molecular weight is 286 g/mol. The number of nitrogens with zero attached hydrogens (tertiary/aromatic N) is 3. The summed E-state index contributed by atoms with van der Waals surface area (Å²) in [5.74, 6) is -0.520. The summed E-state index contributed by atoms with van der Waals surface area (Å²) < 4.78 is 30.7. The van der Waals surface area contributed by atoms with Gasteiger partial charge in [0.1, 0.15) is 24.0 Å². The average Bonchev–Trinajstić information content (AvgIpc) is 2.84. The van der Waals surface area contributed by atoms with Crippen LogP contribution in [0.15, 0.2) is 49.1 Å². The monoisotopic (exact) mass is 286 g/mol. The minimum atomic E-state index is -0.614. The first kappa shape index (κ1) is 13.4. The van der Waals surface area contributed by atoms with Crippen LogP contribution in [0.3, 0.4) is 0 Å². The van der Waals surface area contributed by atoms with Crippen LogP contribution in [0.25, 0.3) is 17.1 Å². The van der Waals surface area contributed by atoms with Gasteiger partial charge < -0.3 is 0 Å². The number of pyridine rings is 1. The molecule has 0 N–H and O–H groups in total. The van der Waals surface area contributed by atoms with Crippen molar-refractivity contribution in [1.82, 2.24) is 9.55 Å². The third-order valence-corrected chi connectivity index (χ3v) is 3.20. The molecule has 2 heterocycles. The van der Waals surface area contributed by atoms with Crippen molar-refractivity contribution >= 4 is 0 Å². The first-order valence-electron chi connectivity index (χ1n) is 6.50. The molecule has 0 aliphatic heterocycles. The summed E-state index contributed by atoms with van der Waals surface area (Å²) in [6, 6.07) is 7.20. The van der Waals surface area contributed by atoms with E-state index in [0.29, 0.717) is 11.5 Å². The normalized spacial score (nSPS) is 10.9. The van der Waals surface area contributed by atoms with E-state index in [2.05, 4.69) is 4.98 Å². The highest BCUT2D eigenvalue weighted by atomic mass is 19.1. The zero-order valence-electron chi connectivity index (χ0n) is 11.7. The van der Waals surface area contributed by atoms with Crippen molar-refractivity contribution in [3.63, 3.8) is 0 Å². The summed E-state index contributed by atoms with van der Waals surface area (Å²) >= 11 is 0. The number of halogens is 2. The first-order chi connectivity index (χ1) is 10.0. The van der Waals surface area contributed by atoms with Crippen molar-refractivity contribution in [2.24, 2.45) is 7.05 Å². The molecule has 0 aliphatic carbocycles. The summed E-state index contributed by atoms with van der Waals surface area (Å²) in [4.78, 5) is 4.47. The number of hydrogen-bond acceptors (Lipinski definition) is 1. The fraction of sp³-hybridized carbons (Fsp3) is 0.125. The van der Waals surface area contributed by atoms with Gasteiger partial charge in [-0.25, -0.2) is 18.3 Å². The van der Waals surface area contributed by atoms with Gasteiger partial charge in [-0.3, -0.25) is 0 Å². The van der Waals surface area contributed by atoms with Crippen LogP contribution in [0.4, 0.5) is 8.78 Å². The summed E-state index contributed by atoms with van der Waals surface area (Å²) in [5.41, 5.74) is 1.73. The second-order valence-corrected chi connectivity index (χ2v) is 5.00. The van der Waals surface area contributed by atoms with E-state index in [1.54, 1.807) is 6.07 Å². The molecule has 0 radical (unpaired) electrons. The molecule has 5 heteroatoms. The van der Waals surface area contributed by atoms with Gasteiger partial charge in [-0.2, -0.15) is 4.57 Å². The maximum absolute atomic E-state index is 13.9. The van der Waals surface area contributed by atoms with Gasteiger partial charge in [0.05, 0.1) is 12.7 Å². The SMILES string of the molecule is Cc1cc(-c2ccc(F)cc2F)nc(-n2cc[n+](C)c2)c1. The van der Waals surface area contributed by atoms with Crippen LogP contribution in [-0.2, 0) is 7.05 Å². The number of rotatable bonds is 2. The molecule has 3 rings (SSSR count). The highest BCUT2D eigenvalue weighted by Crippen LogP contribution is 2.24. The van der Waals surface area contributed by atoms with Gasteiger partial charge >= 0.3 is 0 Å². The van der Waals surface area contributed by atoms with E-state index < -0.39 is 11.6 Å². The van der Waals surface area contributed by atoms with E-state index in [4.69, 9.17) is 0 Å². The van der Waals surface area contributed by atoms with E-state index in [1.165, 1.54) is 12.1 Å². The Morgan fingerprint density at radius 1 is 1.14 bits per heavy atom. The van der Waals surface area contributed by atoms with Crippen LogP contribution in [0.1, 0.15) is 5.56 Å². The number of imidazole rings is 1. The Labute approximate surface area is 121 Å². The molecule has 0 amide bonds. The van der Waals surface area contributed by atoms with E-state index in [0.717, 1.165) is 11.6 Å². The molecule has 0 atom stereocenters. The predicted molar refractivity (Wildman–Crippen MR) is 74.8 cm³/mol. The van der Waals surface area contributed by atoms with Crippen molar-refractivity contribution in [2.75, 3.05) is 0 Å². The zero-order valence-corrected chi connectivity index (χ0v) is 11.7. The summed E-state index contributed by atoms with van der Waals surface area (Å²) in [7, 11) is 1.91. The Morgan fingerprint density at radius 3 is 2.62 bits per heavy atom. The molecule has 0 bridgehead atoms. The van der Waals surface area contributed by atoms with Crippen molar-refractivity contribution in [1.29, 1.82) is 0 Å². The van der Waals surface area contributed by atoms with Crippen LogP contribution in [-0.4, -0.2) is 9.55 Å². The molecule has 0 saturated carbocycles. The molecule has 1 aromatic carbocycles. The number of hydrogen-bond donors (Lipinski definition) is 0. The molecule has 0 aliphatic rings. The Bertz CT molecular complexity index is 809. The van der Waals surface area contributed by atoms with E-state index >= 15 is 0 Å². The molecule has 106 valence electrons. The van der Waals surface area contributed by atoms with Crippen molar-refractivity contribution < 1.29 is 13.3 Å². The minimum Gasteiger partial charge on any atom is -0.239 e. The van der Waals surface area contributed by atoms with E-state index in [1.807, 2.05) is 47.9 Å². The van der Waals surface area contributed by atoms with E-state index in [9.17, 15) is 8.78 Å². The summed E-state index contributed by atoms with van der Waals surface area (Å²) in [5, 5.41) is 0. The second-order valence-electron chi connectivity index (χ2n) is 5.00. The molecule has 0 spiro atoms. The largest absolute Gasteiger partial charge is 0.250 e. The molecular weight excluding hydrogens is 272 g/mol. The van der Waals surface area contributed by atoms with Gasteiger partial charge in [0.2, 0.25) is 12.1 Å². The van der Waals surface area contributed by atoms with Gasteiger partial charge in [-0.1, -0.05) is 0 Å². The third-order valence-electron chi connectivity index (χ3n) is 3.20. The number of aromatic nitrogens is 3. The summed E-state index contributed by atoms with van der Waals surface area (Å²) in [6.45, 7) is 1.92. The van der Waals surface area contributed by atoms with Gasteiger partial charge in [-0.15, -0.1) is 0 Å². The molecule has 3 nitrogen and oxygen atoms in total. The molecule has 0 unspecified atom stereocenters. The lowest BCUT2D eigenvalue weighted by atomic mass is 10.1. The van der Waals surface area contributed by atoms with Gasteiger partial charge in [-0.05, 0) is 30.7 Å². The third kappa shape index (κ3) is 2.67. The molecule has 21 heavy (non-hydrogen) atoms. The smallest absolute Gasteiger partial charge is 0.239 e. The van der Waals surface area contributed by atoms with E-state index in [-0.39, 0.29) is 5.56 Å². The Kier molecular flexibility index (Phi) is 3.25. The quantitative estimate of drug-likeness (QED) is 0.664. The lowest BCUT2D eigenvalue weighted by Crippen LogP contribution is -2.23. The molecule has 0 saturated heterocycles. The highest BCUT2D eigenvalue weighted by molar-refractivity contribution is 5.62. The Morgan fingerprint density at radius 2 is 1.95 bits per heavy atom. The number of benzene rings is 1. The van der Waals surface area contributed by atoms with Crippen molar-refractivity contribution in [2.45, 2.75) is 6.92 Å². The number of aryl methyl sites for hydroxylation is 2. The maximum Gasteiger partial charge on any atom is 0.250 e. The Hall–Kier alpha value is -2.56. The Balaban J connectivity index is 2.13. The first-order valence-corrected chi connectivity index (χ1v) is 6.50. The maximum atomic E-state index is 13.9. The molecule has 3 aromatic rings. The molecule has 0 fully saturated rings. The highest BCUT2D eigenvalue weighted by Gasteiger charge is 2.13. The lowest BCUT2D eigenvalue weighted by molar-refractivity contribution is -0.670.